The van der Waals surface area contributed by atoms with Crippen molar-refractivity contribution >= 4 is 46.9 Å². The molecule has 6 aromatic carbocycles. The lowest BCUT2D eigenvalue weighted by atomic mass is 10.0. The van der Waals surface area contributed by atoms with Crippen molar-refractivity contribution in [3.8, 4) is 22.6 Å². The van der Waals surface area contributed by atoms with Crippen molar-refractivity contribution in [3.63, 3.8) is 0 Å². The Hall–Kier alpha value is -6.38. The third-order valence-electron chi connectivity index (χ3n) is 7.99. The van der Waals surface area contributed by atoms with Crippen LogP contribution in [0.15, 0.2) is 174 Å². The number of hydrogen-bond donors (Lipinski definition) is 3. The van der Waals surface area contributed by atoms with Crippen molar-refractivity contribution in [1.29, 1.82) is 0 Å². The van der Waals surface area contributed by atoms with Crippen molar-refractivity contribution in [1.82, 2.24) is 5.32 Å². The van der Waals surface area contributed by atoms with Gasteiger partial charge in [0.2, 0.25) is 5.91 Å². The van der Waals surface area contributed by atoms with Gasteiger partial charge < -0.3 is 20.7 Å². The zero-order valence-corrected chi connectivity index (χ0v) is 29.3. The summed E-state index contributed by atoms with van der Waals surface area (Å²) in [6, 6.07) is 50.6. The topological polar surface area (TPSA) is 96.5 Å². The second kappa shape index (κ2) is 17.5. The van der Waals surface area contributed by atoms with Crippen LogP contribution in [0.25, 0.3) is 17.2 Å². The highest BCUT2D eigenvalue weighted by Crippen LogP contribution is 2.30. The van der Waals surface area contributed by atoms with Crippen molar-refractivity contribution in [2.75, 3.05) is 10.6 Å². The molecule has 0 bridgehead atoms. The Bertz CT molecular complexity index is 2140. The Morgan fingerprint density at radius 2 is 1.25 bits per heavy atom. The zero-order chi connectivity index (χ0) is 36.1. The van der Waals surface area contributed by atoms with Crippen LogP contribution >= 0.6 is 11.8 Å². The summed E-state index contributed by atoms with van der Waals surface area (Å²) >= 11 is 1.41. The van der Waals surface area contributed by atoms with Crippen molar-refractivity contribution in [2.45, 2.75) is 23.5 Å². The molecule has 0 aliphatic heterocycles. The van der Waals surface area contributed by atoms with E-state index in [1.165, 1.54) is 11.8 Å². The number of thioether (sulfide) groups is 1. The summed E-state index contributed by atoms with van der Waals surface area (Å²) in [4.78, 5) is 41.0. The molecular weight excluding hydrogens is 667 g/mol. The minimum absolute atomic E-state index is 0.0883. The van der Waals surface area contributed by atoms with E-state index in [0.717, 1.165) is 27.3 Å². The Kier molecular flexibility index (Phi) is 11.9. The molecule has 0 fully saturated rings. The number of anilines is 2. The third-order valence-corrected chi connectivity index (χ3v) is 9.35. The van der Waals surface area contributed by atoms with Gasteiger partial charge in [-0.05, 0) is 95.9 Å². The molecule has 0 aliphatic carbocycles. The highest BCUT2D eigenvalue weighted by molar-refractivity contribution is 8.00. The summed E-state index contributed by atoms with van der Waals surface area (Å²) in [6.07, 6.45) is 2.24. The lowest BCUT2D eigenvalue weighted by Crippen LogP contribution is -2.30. The molecule has 0 spiro atoms. The largest absolute Gasteiger partial charge is 0.457 e. The van der Waals surface area contributed by atoms with E-state index in [4.69, 9.17) is 4.74 Å². The summed E-state index contributed by atoms with van der Waals surface area (Å²) in [7, 11) is 0. The van der Waals surface area contributed by atoms with Gasteiger partial charge in [0.15, 0.2) is 0 Å². The standard InChI is InChI=1S/C44H37N3O4S/c1-2-41(44(50)45-35-25-27-38(28-26-35)51-37-18-10-5-11-19-37)52-39-20-12-17-36(30-39)46-43(49)40(47-42(48)34-15-8-4-9-16-34)29-31-21-23-33(24-22-31)32-13-6-3-7-14-32/h3-30,41H,2H2,1H3,(H,45,50)(H,46,49)(H,47,48)/b40-29+. The summed E-state index contributed by atoms with van der Waals surface area (Å²) < 4.78 is 5.86. The summed E-state index contributed by atoms with van der Waals surface area (Å²) in [5.41, 5.74) is 4.58. The van der Waals surface area contributed by atoms with Gasteiger partial charge >= 0.3 is 0 Å². The third kappa shape index (κ3) is 9.87. The molecule has 0 aliphatic rings. The van der Waals surface area contributed by atoms with E-state index in [9.17, 15) is 14.4 Å². The maximum Gasteiger partial charge on any atom is 0.272 e. The molecule has 1 unspecified atom stereocenters. The molecule has 7 nitrogen and oxygen atoms in total. The fourth-order valence-electron chi connectivity index (χ4n) is 5.30. The van der Waals surface area contributed by atoms with Gasteiger partial charge in [-0.25, -0.2) is 0 Å². The number of amides is 3. The van der Waals surface area contributed by atoms with Gasteiger partial charge in [0, 0.05) is 21.8 Å². The van der Waals surface area contributed by atoms with E-state index in [1.807, 2.05) is 140 Å². The van der Waals surface area contributed by atoms with Crippen LogP contribution in [-0.2, 0) is 9.59 Å². The lowest BCUT2D eigenvalue weighted by Gasteiger charge is -2.16. The molecule has 8 heteroatoms. The number of benzene rings is 6. The van der Waals surface area contributed by atoms with Crippen LogP contribution in [0, 0.1) is 0 Å². The number of carbonyl (C=O) groups is 3. The van der Waals surface area contributed by atoms with Gasteiger partial charge in [0.25, 0.3) is 11.8 Å². The molecule has 3 N–H and O–H groups in total. The first kappa shape index (κ1) is 35.4. The van der Waals surface area contributed by atoms with Gasteiger partial charge in [-0.2, -0.15) is 0 Å². The Morgan fingerprint density at radius 3 is 1.92 bits per heavy atom. The maximum absolute atomic E-state index is 13.7. The van der Waals surface area contributed by atoms with Crippen LogP contribution < -0.4 is 20.7 Å². The van der Waals surface area contributed by atoms with Crippen LogP contribution in [0.2, 0.25) is 0 Å². The van der Waals surface area contributed by atoms with Crippen molar-refractivity contribution < 1.29 is 19.1 Å². The Labute approximate surface area is 307 Å². The Balaban J connectivity index is 1.13. The number of nitrogens with one attached hydrogen (secondary N) is 3. The molecule has 0 aromatic heterocycles. The molecule has 6 rings (SSSR count). The molecule has 3 amide bonds. The molecular formula is C44H37N3O4S. The van der Waals surface area contributed by atoms with Crippen LogP contribution in [0.4, 0.5) is 11.4 Å². The van der Waals surface area contributed by atoms with Crippen LogP contribution in [0.5, 0.6) is 11.5 Å². The van der Waals surface area contributed by atoms with E-state index in [0.29, 0.717) is 29.1 Å². The number of para-hydroxylation sites is 1. The average molecular weight is 704 g/mol. The smallest absolute Gasteiger partial charge is 0.272 e. The van der Waals surface area contributed by atoms with E-state index >= 15 is 0 Å². The van der Waals surface area contributed by atoms with Crippen LogP contribution in [-0.4, -0.2) is 23.0 Å². The summed E-state index contributed by atoms with van der Waals surface area (Å²) in [6.45, 7) is 1.96. The van der Waals surface area contributed by atoms with Gasteiger partial charge in [0.1, 0.15) is 17.2 Å². The highest BCUT2D eigenvalue weighted by atomic mass is 32.2. The molecule has 6 aromatic rings. The first-order valence-corrected chi connectivity index (χ1v) is 17.8. The minimum Gasteiger partial charge on any atom is -0.457 e. The van der Waals surface area contributed by atoms with Crippen LogP contribution in [0.1, 0.15) is 29.3 Å². The number of ether oxygens (including phenoxy) is 1. The molecule has 0 saturated carbocycles. The van der Waals surface area contributed by atoms with Gasteiger partial charge in [0.05, 0.1) is 5.25 Å². The molecule has 0 heterocycles. The predicted octanol–water partition coefficient (Wildman–Crippen LogP) is 10.1. The Morgan fingerprint density at radius 1 is 0.635 bits per heavy atom. The monoisotopic (exact) mass is 703 g/mol. The number of carbonyl (C=O) groups excluding carboxylic acids is 3. The zero-order valence-electron chi connectivity index (χ0n) is 28.5. The molecule has 1 atom stereocenters. The second-order valence-corrected chi connectivity index (χ2v) is 13.1. The summed E-state index contributed by atoms with van der Waals surface area (Å²) in [5.74, 6) is 0.387. The fraction of sp³-hybridized carbons (Fsp3) is 0.0682. The highest BCUT2D eigenvalue weighted by Gasteiger charge is 2.20. The van der Waals surface area contributed by atoms with E-state index in [2.05, 4.69) is 16.0 Å². The molecule has 0 radical (unpaired) electrons. The fourth-order valence-corrected chi connectivity index (χ4v) is 6.31. The first-order valence-electron chi connectivity index (χ1n) is 16.9. The number of rotatable bonds is 13. The van der Waals surface area contributed by atoms with Gasteiger partial charge in [-0.3, -0.25) is 14.4 Å². The van der Waals surface area contributed by atoms with E-state index in [-0.39, 0.29) is 16.9 Å². The van der Waals surface area contributed by atoms with E-state index in [1.54, 1.807) is 36.4 Å². The summed E-state index contributed by atoms with van der Waals surface area (Å²) in [5, 5.41) is 8.35. The quantitative estimate of drug-likeness (QED) is 0.0822. The lowest BCUT2D eigenvalue weighted by molar-refractivity contribution is -0.116. The minimum atomic E-state index is -0.483. The molecule has 258 valence electrons. The first-order chi connectivity index (χ1) is 25.4. The van der Waals surface area contributed by atoms with Gasteiger partial charge in [-0.15, -0.1) is 11.8 Å². The van der Waals surface area contributed by atoms with Crippen molar-refractivity contribution in [3.05, 3.63) is 181 Å². The normalized spacial score (nSPS) is 11.6. The SMILES string of the molecule is CCC(Sc1cccc(NC(=O)/C(=C\c2ccc(-c3ccccc3)cc2)NC(=O)c2ccccc2)c1)C(=O)Nc1ccc(Oc2ccccc2)cc1. The predicted molar refractivity (Wildman–Crippen MR) is 210 cm³/mol. The van der Waals surface area contributed by atoms with E-state index < -0.39 is 11.8 Å². The van der Waals surface area contributed by atoms with Crippen molar-refractivity contribution in [2.24, 2.45) is 0 Å². The number of hydrogen-bond acceptors (Lipinski definition) is 5. The molecule has 52 heavy (non-hydrogen) atoms. The maximum atomic E-state index is 13.7. The second-order valence-electron chi connectivity index (χ2n) is 11.8. The van der Waals surface area contributed by atoms with Gasteiger partial charge in [-0.1, -0.05) is 104 Å². The molecule has 0 saturated heterocycles. The van der Waals surface area contributed by atoms with Crippen LogP contribution in [0.3, 0.4) is 0 Å². The average Bonchev–Trinajstić information content (AvgIpc) is 3.19.